The van der Waals surface area contributed by atoms with Crippen LogP contribution in [-0.2, 0) is 0 Å². The van der Waals surface area contributed by atoms with E-state index in [-0.39, 0.29) is 0 Å². The minimum absolute atomic E-state index is 0.579. The van der Waals surface area contributed by atoms with Gasteiger partial charge in [0.15, 0.2) is 11.4 Å². The molecule has 0 saturated carbocycles. The summed E-state index contributed by atoms with van der Waals surface area (Å²) >= 11 is 0. The summed E-state index contributed by atoms with van der Waals surface area (Å²) < 4.78 is 7.04. The van der Waals surface area contributed by atoms with Crippen molar-refractivity contribution in [2.45, 2.75) is 0 Å². The summed E-state index contributed by atoms with van der Waals surface area (Å²) in [6.45, 7) is 16.0. The number of hydrogen-bond donors (Lipinski definition) is 0. The lowest BCUT2D eigenvalue weighted by molar-refractivity contribution is 1.13. The van der Waals surface area contributed by atoms with Gasteiger partial charge in [0.2, 0.25) is 0 Å². The summed E-state index contributed by atoms with van der Waals surface area (Å²) in [5, 5.41) is 6.87. The topological polar surface area (TPSA) is 23.5 Å². The molecular weight excluding hydrogens is 671 g/mol. The second-order valence-electron chi connectivity index (χ2n) is 13.9. The quantitative estimate of drug-likeness (QED) is 0.163. The van der Waals surface area contributed by atoms with Gasteiger partial charge in [-0.2, -0.15) is 0 Å². The smallest absolute Gasteiger partial charge is 0.195 e. The average Bonchev–Trinajstić information content (AvgIpc) is 3.89. The molecule has 0 saturated heterocycles. The molecule has 254 valence electrons. The number of nitrogens with zero attached hydrogens (tertiary/aromatic N) is 5. The van der Waals surface area contributed by atoms with Crippen LogP contribution >= 0.6 is 0 Å². The first-order valence-corrected chi connectivity index (χ1v) is 18.3. The largest absolute Gasteiger partial charge is 0.309 e. The molecule has 5 heteroatoms. The van der Waals surface area contributed by atoms with Crippen LogP contribution in [0, 0.1) is 13.1 Å². The van der Waals surface area contributed by atoms with Crippen LogP contribution in [0.1, 0.15) is 0 Å². The second kappa shape index (κ2) is 11.8. The van der Waals surface area contributed by atoms with Gasteiger partial charge in [-0.25, -0.2) is 9.69 Å². The van der Waals surface area contributed by atoms with Gasteiger partial charge in [0, 0.05) is 32.6 Å². The molecule has 0 amide bonds. The first-order valence-electron chi connectivity index (χ1n) is 18.3. The molecule has 8 aromatic carbocycles. The van der Waals surface area contributed by atoms with E-state index in [9.17, 15) is 0 Å². The lowest BCUT2D eigenvalue weighted by Gasteiger charge is -2.18. The first kappa shape index (κ1) is 30.7. The highest BCUT2D eigenvalue weighted by Gasteiger charge is 2.22. The number of hydrogen-bond acceptors (Lipinski definition) is 0. The van der Waals surface area contributed by atoms with Crippen LogP contribution in [0.25, 0.3) is 103 Å². The summed E-state index contributed by atoms with van der Waals surface area (Å²) in [6, 6.07) is 61.3. The van der Waals surface area contributed by atoms with E-state index < -0.39 is 0 Å². The standard InChI is InChI=1S/C50H29N5/c1-51-32-26-29-48-41(30-32)38-18-7-12-24-47(38)54(48)46-23-11-6-17-37(46)40-31-33(27-28-42(40)52-2)53-43-20-8-5-16-36(43)39-19-13-25-49(50(39)53)55-44-21-9-3-14-34(44)35-15-4-10-22-45(35)55/h3-31H. The highest BCUT2D eigenvalue weighted by molar-refractivity contribution is 6.15. The summed E-state index contributed by atoms with van der Waals surface area (Å²) in [4.78, 5) is 7.81. The van der Waals surface area contributed by atoms with E-state index in [4.69, 9.17) is 13.1 Å². The van der Waals surface area contributed by atoms with Gasteiger partial charge in [0.1, 0.15) is 0 Å². The molecule has 5 nitrogen and oxygen atoms in total. The van der Waals surface area contributed by atoms with Crippen LogP contribution in [0.15, 0.2) is 176 Å². The summed E-state index contributed by atoms with van der Waals surface area (Å²) in [6.07, 6.45) is 0. The fraction of sp³-hybridized carbons (Fsp3) is 0. The van der Waals surface area contributed by atoms with Crippen molar-refractivity contribution in [1.82, 2.24) is 13.7 Å². The van der Waals surface area contributed by atoms with Gasteiger partial charge >= 0.3 is 0 Å². The Morgan fingerprint density at radius 3 is 1.51 bits per heavy atom. The Balaban J connectivity index is 1.21. The second-order valence-corrected chi connectivity index (χ2v) is 13.9. The minimum atomic E-state index is 0.579. The molecule has 0 atom stereocenters. The molecule has 0 aliphatic rings. The lowest BCUT2D eigenvalue weighted by atomic mass is 10.0. The molecule has 3 aromatic heterocycles. The Kier molecular flexibility index (Phi) is 6.61. The molecular formula is C50H29N5. The summed E-state index contributed by atoms with van der Waals surface area (Å²) in [5.74, 6) is 0. The molecule has 0 N–H and O–H groups in total. The van der Waals surface area contributed by atoms with Crippen molar-refractivity contribution in [2.75, 3.05) is 0 Å². The molecule has 0 unspecified atom stereocenters. The van der Waals surface area contributed by atoms with Gasteiger partial charge in [0.05, 0.1) is 57.6 Å². The SMILES string of the molecule is [C-]#[N+]c1ccc2c(c1)c1ccccc1n2-c1ccccc1-c1cc(-n2c3ccccc3c3cccc(-n4c5ccccc5c5ccccc54)c32)ccc1[N+]#[C-]. The van der Waals surface area contributed by atoms with Crippen LogP contribution in [-0.4, -0.2) is 13.7 Å². The van der Waals surface area contributed by atoms with Crippen LogP contribution in [0.5, 0.6) is 0 Å². The van der Waals surface area contributed by atoms with Crippen LogP contribution < -0.4 is 0 Å². The van der Waals surface area contributed by atoms with Crippen molar-refractivity contribution >= 4 is 76.8 Å². The summed E-state index contributed by atoms with van der Waals surface area (Å²) in [7, 11) is 0. The van der Waals surface area contributed by atoms with E-state index in [1.165, 1.54) is 16.2 Å². The third-order valence-corrected chi connectivity index (χ3v) is 11.1. The molecule has 0 aliphatic carbocycles. The zero-order valence-electron chi connectivity index (χ0n) is 29.5. The average molecular weight is 700 g/mol. The zero-order valence-corrected chi connectivity index (χ0v) is 29.5. The van der Waals surface area contributed by atoms with Gasteiger partial charge in [-0.3, -0.25) is 0 Å². The van der Waals surface area contributed by atoms with E-state index in [1.54, 1.807) is 0 Å². The van der Waals surface area contributed by atoms with E-state index in [2.05, 4.69) is 163 Å². The van der Waals surface area contributed by atoms with Crippen molar-refractivity contribution in [3.05, 3.63) is 199 Å². The fourth-order valence-corrected chi connectivity index (χ4v) is 8.79. The summed E-state index contributed by atoms with van der Waals surface area (Å²) in [5.41, 5.74) is 12.6. The fourth-order valence-electron chi connectivity index (χ4n) is 8.79. The number of para-hydroxylation sites is 6. The number of fused-ring (bicyclic) bond motifs is 9. The lowest BCUT2D eigenvalue weighted by Crippen LogP contribution is -2.01. The normalized spacial score (nSPS) is 11.6. The minimum Gasteiger partial charge on any atom is -0.309 e. The van der Waals surface area contributed by atoms with E-state index in [0.29, 0.717) is 11.4 Å². The third kappa shape index (κ3) is 4.39. The van der Waals surface area contributed by atoms with Crippen molar-refractivity contribution in [3.8, 4) is 28.2 Å². The maximum Gasteiger partial charge on any atom is 0.195 e. The molecule has 55 heavy (non-hydrogen) atoms. The first-order chi connectivity index (χ1) is 27.2. The predicted molar refractivity (Wildman–Crippen MR) is 227 cm³/mol. The highest BCUT2D eigenvalue weighted by Crippen LogP contribution is 2.43. The molecule has 0 radical (unpaired) electrons. The molecule has 0 fully saturated rings. The Hall–Kier alpha value is -7.86. The number of benzene rings is 8. The van der Waals surface area contributed by atoms with Crippen molar-refractivity contribution < 1.29 is 0 Å². The monoisotopic (exact) mass is 699 g/mol. The Bertz CT molecular complexity index is 3420. The molecule has 11 rings (SSSR count). The van der Waals surface area contributed by atoms with Gasteiger partial charge in [-0.15, -0.1) is 0 Å². The van der Waals surface area contributed by atoms with Gasteiger partial charge < -0.3 is 13.7 Å². The van der Waals surface area contributed by atoms with E-state index in [1.807, 2.05) is 36.4 Å². The van der Waals surface area contributed by atoms with Crippen molar-refractivity contribution in [1.29, 1.82) is 0 Å². The zero-order chi connectivity index (χ0) is 36.6. The Morgan fingerprint density at radius 1 is 0.345 bits per heavy atom. The Labute approximate surface area is 316 Å². The predicted octanol–water partition coefficient (Wildman–Crippen LogP) is 13.7. The van der Waals surface area contributed by atoms with Crippen LogP contribution in [0.2, 0.25) is 0 Å². The van der Waals surface area contributed by atoms with Gasteiger partial charge in [0.25, 0.3) is 0 Å². The maximum atomic E-state index is 8.36. The van der Waals surface area contributed by atoms with Gasteiger partial charge in [-0.1, -0.05) is 115 Å². The molecule has 0 bridgehead atoms. The molecule has 0 aliphatic heterocycles. The molecule has 11 aromatic rings. The molecule has 0 spiro atoms. The van der Waals surface area contributed by atoms with E-state index in [0.717, 1.165) is 77.4 Å². The molecule has 3 heterocycles. The van der Waals surface area contributed by atoms with Gasteiger partial charge in [-0.05, 0) is 77.2 Å². The number of rotatable bonds is 4. The maximum absolute atomic E-state index is 8.36. The number of aromatic nitrogens is 3. The van der Waals surface area contributed by atoms with E-state index >= 15 is 0 Å². The highest BCUT2D eigenvalue weighted by atomic mass is 15.1. The third-order valence-electron chi connectivity index (χ3n) is 11.1. The van der Waals surface area contributed by atoms with Crippen LogP contribution in [0.4, 0.5) is 11.4 Å². The van der Waals surface area contributed by atoms with Crippen LogP contribution in [0.3, 0.4) is 0 Å². The van der Waals surface area contributed by atoms with Crippen molar-refractivity contribution in [3.63, 3.8) is 0 Å². The van der Waals surface area contributed by atoms with Crippen molar-refractivity contribution in [2.24, 2.45) is 0 Å². The Morgan fingerprint density at radius 2 is 0.855 bits per heavy atom.